The highest BCUT2D eigenvalue weighted by atomic mass is 35.5. The fraction of sp³-hybridized carbons (Fsp3) is 0.500. The summed E-state index contributed by atoms with van der Waals surface area (Å²) in [6.45, 7) is 2.53. The van der Waals surface area contributed by atoms with Crippen molar-refractivity contribution in [3.8, 4) is 0 Å². The number of rotatable bonds is 3. The number of hydrogen-bond donors (Lipinski definition) is 2. The number of benzene rings is 1. The number of nitrogens with two attached hydrogens (primary N) is 1. The fourth-order valence-electron chi connectivity index (χ4n) is 1.81. The highest BCUT2D eigenvalue weighted by Gasteiger charge is 2.21. The zero-order valence-corrected chi connectivity index (χ0v) is 11.3. The first kappa shape index (κ1) is 16.7. The monoisotopic (exact) mass is 278 g/mol. The van der Waals surface area contributed by atoms with Gasteiger partial charge in [-0.2, -0.15) is 0 Å². The third kappa shape index (κ3) is 5.23. The van der Waals surface area contributed by atoms with Crippen molar-refractivity contribution in [1.82, 2.24) is 5.32 Å². The van der Waals surface area contributed by atoms with Gasteiger partial charge in [0.1, 0.15) is 0 Å². The lowest BCUT2D eigenvalue weighted by Gasteiger charge is -2.29. The van der Waals surface area contributed by atoms with E-state index in [0.29, 0.717) is 6.61 Å². The number of halogens is 2. The molecule has 0 aliphatic carbocycles. The Kier molecular flexibility index (Phi) is 8.56. The minimum absolute atomic E-state index is 0. The molecule has 0 amide bonds. The Morgan fingerprint density at radius 1 is 1.24 bits per heavy atom. The number of piperidine rings is 1. The van der Waals surface area contributed by atoms with Crippen molar-refractivity contribution in [3.05, 3.63) is 35.9 Å². The highest BCUT2D eigenvalue weighted by molar-refractivity contribution is 5.85. The molecule has 2 rings (SSSR count). The van der Waals surface area contributed by atoms with E-state index in [9.17, 15) is 0 Å². The van der Waals surface area contributed by atoms with Crippen molar-refractivity contribution in [2.75, 3.05) is 13.1 Å². The molecule has 2 unspecified atom stereocenters. The Morgan fingerprint density at radius 3 is 2.59 bits per heavy atom. The van der Waals surface area contributed by atoms with E-state index in [0.717, 1.165) is 19.5 Å². The Morgan fingerprint density at radius 2 is 1.94 bits per heavy atom. The molecule has 3 N–H and O–H groups in total. The van der Waals surface area contributed by atoms with Gasteiger partial charge >= 0.3 is 0 Å². The highest BCUT2D eigenvalue weighted by Crippen LogP contribution is 2.09. The summed E-state index contributed by atoms with van der Waals surface area (Å²) in [5, 5.41) is 3.30. The minimum Gasteiger partial charge on any atom is -0.371 e. The van der Waals surface area contributed by atoms with Crippen molar-refractivity contribution in [2.45, 2.75) is 25.2 Å². The van der Waals surface area contributed by atoms with Crippen LogP contribution in [0.2, 0.25) is 0 Å². The number of hydrogen-bond acceptors (Lipinski definition) is 3. The Balaban J connectivity index is 0.00000128. The summed E-state index contributed by atoms with van der Waals surface area (Å²) in [5.41, 5.74) is 7.18. The van der Waals surface area contributed by atoms with Crippen LogP contribution in [0.25, 0.3) is 0 Å². The van der Waals surface area contributed by atoms with Gasteiger partial charge in [0, 0.05) is 12.6 Å². The van der Waals surface area contributed by atoms with Crippen molar-refractivity contribution in [2.24, 2.45) is 5.73 Å². The lowest BCUT2D eigenvalue weighted by atomic mass is 10.0. The van der Waals surface area contributed by atoms with Crippen LogP contribution in [0, 0.1) is 0 Å². The average Bonchev–Trinajstić information content (AvgIpc) is 2.29. The van der Waals surface area contributed by atoms with Gasteiger partial charge in [-0.1, -0.05) is 30.3 Å². The van der Waals surface area contributed by atoms with E-state index < -0.39 is 0 Å². The van der Waals surface area contributed by atoms with Crippen LogP contribution >= 0.6 is 24.8 Å². The number of ether oxygens (including phenoxy) is 1. The van der Waals surface area contributed by atoms with Gasteiger partial charge in [0.05, 0.1) is 12.7 Å². The van der Waals surface area contributed by atoms with Crippen LogP contribution in [-0.4, -0.2) is 25.2 Å². The second-order valence-electron chi connectivity index (χ2n) is 3.99. The summed E-state index contributed by atoms with van der Waals surface area (Å²) in [5.74, 6) is 0. The van der Waals surface area contributed by atoms with Crippen LogP contribution in [-0.2, 0) is 11.3 Å². The van der Waals surface area contributed by atoms with Gasteiger partial charge in [0.25, 0.3) is 0 Å². The molecule has 1 aromatic carbocycles. The van der Waals surface area contributed by atoms with Gasteiger partial charge in [0.2, 0.25) is 0 Å². The quantitative estimate of drug-likeness (QED) is 0.886. The van der Waals surface area contributed by atoms with Gasteiger partial charge < -0.3 is 15.8 Å². The molecule has 1 fully saturated rings. The van der Waals surface area contributed by atoms with E-state index in [1.54, 1.807) is 0 Å². The van der Waals surface area contributed by atoms with E-state index in [4.69, 9.17) is 10.5 Å². The fourth-order valence-corrected chi connectivity index (χ4v) is 1.81. The lowest BCUT2D eigenvalue weighted by Crippen LogP contribution is -2.49. The lowest BCUT2D eigenvalue weighted by molar-refractivity contribution is 0.0126. The average molecular weight is 279 g/mol. The second-order valence-corrected chi connectivity index (χ2v) is 3.99. The third-order valence-electron chi connectivity index (χ3n) is 2.78. The molecule has 98 valence electrons. The first-order valence-electron chi connectivity index (χ1n) is 5.48. The predicted molar refractivity (Wildman–Crippen MR) is 75.0 cm³/mol. The molecule has 0 radical (unpaired) electrons. The summed E-state index contributed by atoms with van der Waals surface area (Å²) >= 11 is 0. The molecule has 5 heteroatoms. The molecular formula is C12H20Cl2N2O. The summed E-state index contributed by atoms with van der Waals surface area (Å²) in [7, 11) is 0. The normalized spacial score (nSPS) is 23.4. The molecule has 1 aliphatic heterocycles. The van der Waals surface area contributed by atoms with Gasteiger partial charge in [-0.3, -0.25) is 0 Å². The first-order chi connectivity index (χ1) is 7.36. The molecule has 0 saturated carbocycles. The first-order valence-corrected chi connectivity index (χ1v) is 5.48. The maximum atomic E-state index is 5.98. The van der Waals surface area contributed by atoms with Gasteiger partial charge in [-0.25, -0.2) is 0 Å². The summed E-state index contributed by atoms with van der Waals surface area (Å²) < 4.78 is 5.79. The standard InChI is InChI=1S/C12H18N2O.2ClH/c13-11-6-7-14-8-12(11)15-9-10-4-2-1-3-5-10;;/h1-5,11-12,14H,6-9,13H2;2*1H. The van der Waals surface area contributed by atoms with Crippen LogP contribution in [0.5, 0.6) is 0 Å². The van der Waals surface area contributed by atoms with E-state index >= 15 is 0 Å². The molecule has 2 atom stereocenters. The summed E-state index contributed by atoms with van der Waals surface area (Å²) in [6.07, 6.45) is 1.15. The second kappa shape index (κ2) is 8.72. The zero-order chi connectivity index (χ0) is 10.5. The van der Waals surface area contributed by atoms with Gasteiger partial charge in [0.15, 0.2) is 0 Å². The summed E-state index contributed by atoms with van der Waals surface area (Å²) in [4.78, 5) is 0. The topological polar surface area (TPSA) is 47.3 Å². The van der Waals surface area contributed by atoms with E-state index in [2.05, 4.69) is 17.4 Å². The Hall–Kier alpha value is -0.320. The van der Waals surface area contributed by atoms with Crippen LogP contribution in [0.3, 0.4) is 0 Å². The molecule has 1 saturated heterocycles. The van der Waals surface area contributed by atoms with Gasteiger partial charge in [-0.05, 0) is 18.5 Å². The smallest absolute Gasteiger partial charge is 0.0855 e. The minimum atomic E-state index is 0. The Bertz CT molecular complexity index is 298. The predicted octanol–water partition coefficient (Wildman–Crippen LogP) is 1.74. The Labute approximate surface area is 115 Å². The molecule has 1 heterocycles. The molecule has 17 heavy (non-hydrogen) atoms. The molecule has 0 aromatic heterocycles. The van der Waals surface area contributed by atoms with Crippen LogP contribution in [0.15, 0.2) is 30.3 Å². The van der Waals surface area contributed by atoms with Crippen molar-refractivity contribution >= 4 is 24.8 Å². The molecule has 0 bridgehead atoms. The zero-order valence-electron chi connectivity index (χ0n) is 9.67. The van der Waals surface area contributed by atoms with Crippen molar-refractivity contribution in [3.63, 3.8) is 0 Å². The molecule has 3 nitrogen and oxygen atoms in total. The van der Waals surface area contributed by atoms with E-state index in [1.807, 2.05) is 18.2 Å². The maximum Gasteiger partial charge on any atom is 0.0855 e. The largest absolute Gasteiger partial charge is 0.371 e. The maximum absolute atomic E-state index is 5.98. The molecule has 1 aliphatic rings. The van der Waals surface area contributed by atoms with Crippen LogP contribution < -0.4 is 11.1 Å². The summed E-state index contributed by atoms with van der Waals surface area (Å²) in [6, 6.07) is 10.4. The van der Waals surface area contributed by atoms with Crippen molar-refractivity contribution < 1.29 is 4.74 Å². The molecule has 1 aromatic rings. The number of nitrogens with one attached hydrogen (secondary N) is 1. The molecular weight excluding hydrogens is 259 g/mol. The van der Waals surface area contributed by atoms with Gasteiger partial charge in [-0.15, -0.1) is 24.8 Å². The van der Waals surface area contributed by atoms with Crippen LogP contribution in [0.1, 0.15) is 12.0 Å². The van der Waals surface area contributed by atoms with Crippen LogP contribution in [0.4, 0.5) is 0 Å². The van der Waals surface area contributed by atoms with Crippen molar-refractivity contribution in [1.29, 1.82) is 0 Å². The van der Waals surface area contributed by atoms with E-state index in [-0.39, 0.29) is 37.0 Å². The SMILES string of the molecule is Cl.Cl.NC1CCNCC1OCc1ccccc1. The molecule has 0 spiro atoms. The van der Waals surface area contributed by atoms with E-state index in [1.165, 1.54) is 5.56 Å². The third-order valence-corrected chi connectivity index (χ3v) is 2.78.